The molecule has 1 aliphatic carbocycles. The third kappa shape index (κ3) is 5.21. The maximum Gasteiger partial charge on any atom is 0.339 e. The van der Waals surface area contributed by atoms with E-state index in [1.807, 2.05) is 42.5 Å². The fourth-order valence-corrected chi connectivity index (χ4v) is 5.74. The van der Waals surface area contributed by atoms with E-state index in [1.165, 1.54) is 11.3 Å². The Morgan fingerprint density at radius 1 is 1.16 bits per heavy atom. The molecule has 0 amide bonds. The molecule has 0 radical (unpaired) electrons. The van der Waals surface area contributed by atoms with Crippen molar-refractivity contribution in [3.63, 3.8) is 0 Å². The number of Topliss-reactive ketones (excluding diaryl/α,β-unsaturated/α-hetero) is 1. The number of pyridine rings is 1. The lowest BCUT2D eigenvalue weighted by atomic mass is 9.86. The molecule has 2 heterocycles. The summed E-state index contributed by atoms with van der Waals surface area (Å²) in [7, 11) is 0. The van der Waals surface area contributed by atoms with Crippen LogP contribution in [0.2, 0.25) is 10.0 Å². The Bertz CT molecular complexity index is 1650. The maximum atomic E-state index is 13.5. The normalized spacial score (nSPS) is 14.6. The van der Waals surface area contributed by atoms with Gasteiger partial charge in [0.2, 0.25) is 0 Å². The van der Waals surface area contributed by atoms with Crippen LogP contribution in [0.25, 0.3) is 22.6 Å². The van der Waals surface area contributed by atoms with Gasteiger partial charge in [0, 0.05) is 16.5 Å². The highest BCUT2D eigenvalue weighted by molar-refractivity contribution is 7.09. The predicted octanol–water partition coefficient (Wildman–Crippen LogP) is 7.22. The van der Waals surface area contributed by atoms with Crippen LogP contribution in [0.4, 0.5) is 0 Å². The Morgan fingerprint density at radius 3 is 2.71 bits per heavy atom. The van der Waals surface area contributed by atoms with Crippen molar-refractivity contribution in [2.45, 2.75) is 32.1 Å². The number of nitriles is 1. The van der Waals surface area contributed by atoms with Crippen LogP contribution in [-0.4, -0.2) is 28.3 Å². The lowest BCUT2D eigenvalue weighted by Gasteiger charge is -2.22. The van der Waals surface area contributed by atoms with Crippen LogP contribution in [0.3, 0.4) is 0 Å². The minimum Gasteiger partial charge on any atom is -0.454 e. The minimum absolute atomic E-state index is 0.398. The smallest absolute Gasteiger partial charge is 0.339 e. The molecule has 1 unspecified atom stereocenters. The summed E-state index contributed by atoms with van der Waals surface area (Å²) in [5, 5.41) is 13.3. The molecule has 0 spiro atoms. The van der Waals surface area contributed by atoms with Gasteiger partial charge in [-0.25, -0.2) is 14.8 Å². The van der Waals surface area contributed by atoms with Crippen molar-refractivity contribution in [2.24, 2.45) is 0 Å². The van der Waals surface area contributed by atoms with Crippen molar-refractivity contribution in [2.75, 3.05) is 6.61 Å². The van der Waals surface area contributed by atoms with E-state index in [0.717, 1.165) is 40.9 Å². The number of aryl methyl sites for hydroxylation is 1. The monoisotopic (exact) mass is 561 g/mol. The molecule has 5 rings (SSSR count). The molecule has 9 heteroatoms. The lowest BCUT2D eigenvalue weighted by molar-refractivity contribution is -0.122. The summed E-state index contributed by atoms with van der Waals surface area (Å²) in [5.74, 6) is -2.20. The number of thiazole rings is 1. The summed E-state index contributed by atoms with van der Waals surface area (Å²) >= 11 is 13.5. The summed E-state index contributed by atoms with van der Waals surface area (Å²) in [6.07, 6.45) is 4.25. The molecule has 1 atom stereocenters. The number of ketones is 1. The number of para-hydroxylation sites is 1. The molecule has 0 N–H and O–H groups in total. The average Bonchev–Trinajstić information content (AvgIpc) is 3.34. The quantitative estimate of drug-likeness (QED) is 0.231. The second-order valence-corrected chi connectivity index (χ2v) is 10.7. The number of esters is 1. The van der Waals surface area contributed by atoms with Crippen LogP contribution in [0.1, 0.15) is 56.6 Å². The summed E-state index contributed by atoms with van der Waals surface area (Å²) in [6.45, 7) is 1.27. The number of halogens is 2. The molecule has 2 aromatic carbocycles. The van der Waals surface area contributed by atoms with Gasteiger partial charge in [-0.3, -0.25) is 4.79 Å². The largest absolute Gasteiger partial charge is 0.454 e. The Labute approximate surface area is 233 Å². The number of ether oxygens (including phenoxy) is 1. The van der Waals surface area contributed by atoms with E-state index in [4.69, 9.17) is 32.9 Å². The van der Waals surface area contributed by atoms with Gasteiger partial charge in [-0.1, -0.05) is 47.5 Å². The number of carbonyl (C=O) groups is 2. The number of fused-ring (bicyclic) bond motifs is 2. The number of rotatable bonds is 6. The minimum atomic E-state index is -1.08. The van der Waals surface area contributed by atoms with Crippen LogP contribution in [-0.2, 0) is 16.0 Å². The number of nitrogens with zero attached hydrogens (tertiary/aromatic N) is 3. The van der Waals surface area contributed by atoms with Gasteiger partial charge in [0.15, 0.2) is 18.3 Å². The second-order valence-electron chi connectivity index (χ2n) is 8.96. The third-order valence-corrected chi connectivity index (χ3v) is 8.11. The van der Waals surface area contributed by atoms with Gasteiger partial charge in [-0.05, 0) is 67.2 Å². The van der Waals surface area contributed by atoms with Crippen LogP contribution < -0.4 is 0 Å². The van der Waals surface area contributed by atoms with Crippen molar-refractivity contribution in [3.8, 4) is 6.07 Å². The highest BCUT2D eigenvalue weighted by atomic mass is 35.5. The molecule has 4 aromatic rings. The first kappa shape index (κ1) is 26.1. The van der Waals surface area contributed by atoms with E-state index in [1.54, 1.807) is 24.4 Å². The number of allylic oxidation sites excluding steroid dienone is 1. The standard InChI is InChI=1S/C29H21Cl2N3O3S/c1-16-15-38-28(33-16)21(13-32)25(35)14-37-29(36)26-19-6-2-3-8-24(19)34-27-18(5-4-7-20(26)27)11-17-9-10-22(30)23(31)12-17/h2-3,6,8-12,15,21H,4-5,7,14H2,1H3. The van der Waals surface area contributed by atoms with Crippen molar-refractivity contribution in [1.82, 2.24) is 9.97 Å². The van der Waals surface area contributed by atoms with Gasteiger partial charge in [0.05, 0.1) is 32.9 Å². The van der Waals surface area contributed by atoms with Crippen LogP contribution >= 0.6 is 34.5 Å². The SMILES string of the molecule is Cc1csc(C(C#N)C(=O)COC(=O)c2c3c(nc4ccccc24)C(=Cc2ccc(Cl)c(Cl)c2)CCC3)n1. The van der Waals surface area contributed by atoms with E-state index in [-0.39, 0.29) is 0 Å². The van der Waals surface area contributed by atoms with Crippen molar-refractivity contribution >= 4 is 68.8 Å². The highest BCUT2D eigenvalue weighted by Gasteiger charge is 2.28. The zero-order chi connectivity index (χ0) is 26.8. The van der Waals surface area contributed by atoms with Gasteiger partial charge in [0.1, 0.15) is 5.01 Å². The first-order chi connectivity index (χ1) is 18.4. The maximum absolute atomic E-state index is 13.5. The lowest BCUT2D eigenvalue weighted by Crippen LogP contribution is -2.21. The molecule has 6 nitrogen and oxygen atoms in total. The zero-order valence-corrected chi connectivity index (χ0v) is 22.7. The fraction of sp³-hybridized carbons (Fsp3) is 0.207. The van der Waals surface area contributed by atoms with E-state index >= 15 is 0 Å². The topological polar surface area (TPSA) is 92.9 Å². The molecule has 0 bridgehead atoms. The summed E-state index contributed by atoms with van der Waals surface area (Å²) in [4.78, 5) is 35.4. The number of benzene rings is 2. The molecule has 2 aromatic heterocycles. The first-order valence-corrected chi connectivity index (χ1v) is 13.6. The Hall–Kier alpha value is -3.57. The molecule has 0 aliphatic heterocycles. The van der Waals surface area contributed by atoms with E-state index in [2.05, 4.69) is 4.98 Å². The van der Waals surface area contributed by atoms with Gasteiger partial charge >= 0.3 is 5.97 Å². The van der Waals surface area contributed by atoms with Crippen LogP contribution in [0.15, 0.2) is 47.8 Å². The number of carbonyl (C=O) groups excluding carboxylic acids is 2. The average molecular weight is 562 g/mol. The highest BCUT2D eigenvalue weighted by Crippen LogP contribution is 2.37. The molecule has 190 valence electrons. The Balaban J connectivity index is 1.50. The van der Waals surface area contributed by atoms with E-state index < -0.39 is 24.3 Å². The van der Waals surface area contributed by atoms with Crippen molar-refractivity contribution in [1.29, 1.82) is 5.26 Å². The molecule has 38 heavy (non-hydrogen) atoms. The fourth-order valence-electron chi connectivity index (χ4n) is 4.57. The third-order valence-electron chi connectivity index (χ3n) is 6.34. The number of aromatic nitrogens is 2. The van der Waals surface area contributed by atoms with Crippen molar-refractivity contribution in [3.05, 3.63) is 91.0 Å². The van der Waals surface area contributed by atoms with Gasteiger partial charge in [0.25, 0.3) is 0 Å². The molecule has 0 fully saturated rings. The second kappa shape index (κ2) is 11.0. The van der Waals surface area contributed by atoms with Crippen LogP contribution in [0, 0.1) is 18.3 Å². The predicted molar refractivity (Wildman–Crippen MR) is 150 cm³/mol. The summed E-state index contributed by atoms with van der Waals surface area (Å²) in [6, 6.07) is 14.8. The molecule has 0 saturated heterocycles. The Morgan fingerprint density at radius 2 is 1.97 bits per heavy atom. The summed E-state index contributed by atoms with van der Waals surface area (Å²) < 4.78 is 5.52. The van der Waals surface area contributed by atoms with E-state index in [0.29, 0.717) is 37.9 Å². The molecule has 0 saturated carbocycles. The van der Waals surface area contributed by atoms with Gasteiger partial charge in [-0.2, -0.15) is 5.26 Å². The van der Waals surface area contributed by atoms with Gasteiger partial charge in [-0.15, -0.1) is 11.3 Å². The zero-order valence-electron chi connectivity index (χ0n) is 20.3. The number of hydrogen-bond acceptors (Lipinski definition) is 7. The Kier molecular flexibility index (Phi) is 7.57. The molecule has 1 aliphatic rings. The molecular formula is C29H21Cl2N3O3S. The van der Waals surface area contributed by atoms with Crippen LogP contribution in [0.5, 0.6) is 0 Å². The first-order valence-electron chi connectivity index (χ1n) is 11.9. The number of hydrogen-bond donors (Lipinski definition) is 0. The molecular weight excluding hydrogens is 541 g/mol. The van der Waals surface area contributed by atoms with E-state index in [9.17, 15) is 14.9 Å². The van der Waals surface area contributed by atoms with Gasteiger partial charge < -0.3 is 4.74 Å². The van der Waals surface area contributed by atoms with Crippen molar-refractivity contribution < 1.29 is 14.3 Å². The summed E-state index contributed by atoms with van der Waals surface area (Å²) in [5.41, 5.74) is 5.15.